The van der Waals surface area contributed by atoms with Crippen LogP contribution in [0, 0.1) is 13.8 Å². The maximum absolute atomic E-state index is 13.1. The van der Waals surface area contributed by atoms with Crippen molar-refractivity contribution >= 4 is 17.4 Å². The lowest BCUT2D eigenvalue weighted by Gasteiger charge is -2.26. The third-order valence-corrected chi connectivity index (χ3v) is 5.98. The molecule has 1 saturated heterocycles. The van der Waals surface area contributed by atoms with Crippen molar-refractivity contribution < 1.29 is 14.7 Å². The largest absolute Gasteiger partial charge is 0.507 e. The van der Waals surface area contributed by atoms with Crippen LogP contribution in [-0.4, -0.2) is 57.8 Å². The summed E-state index contributed by atoms with van der Waals surface area (Å²) in [6.07, 6.45) is 4.03. The van der Waals surface area contributed by atoms with Crippen molar-refractivity contribution in [3.8, 4) is 0 Å². The number of rotatable bonds is 8. The Hall–Kier alpha value is -2.99. The van der Waals surface area contributed by atoms with Crippen LogP contribution in [0.15, 0.2) is 48.3 Å². The van der Waals surface area contributed by atoms with Crippen LogP contribution in [-0.2, 0) is 9.59 Å². The molecule has 2 aromatic rings. The summed E-state index contributed by atoms with van der Waals surface area (Å²) >= 11 is 0. The summed E-state index contributed by atoms with van der Waals surface area (Å²) in [6.45, 7) is 11.2. The second-order valence-electron chi connectivity index (χ2n) is 7.97. The molecule has 0 spiro atoms. The molecule has 1 fully saturated rings. The summed E-state index contributed by atoms with van der Waals surface area (Å²) in [7, 11) is 0. The first kappa shape index (κ1) is 22.7. The van der Waals surface area contributed by atoms with E-state index in [-0.39, 0.29) is 11.3 Å². The third kappa shape index (κ3) is 4.69. The van der Waals surface area contributed by atoms with Crippen LogP contribution in [0.1, 0.15) is 48.6 Å². The van der Waals surface area contributed by atoms with E-state index >= 15 is 0 Å². The molecule has 1 aromatic heterocycles. The molecule has 0 aliphatic carbocycles. The summed E-state index contributed by atoms with van der Waals surface area (Å²) in [5.41, 5.74) is 3.32. The lowest BCUT2D eigenvalue weighted by atomic mass is 9.93. The van der Waals surface area contributed by atoms with Crippen LogP contribution in [0.4, 0.5) is 0 Å². The molecule has 0 saturated carbocycles. The van der Waals surface area contributed by atoms with Crippen molar-refractivity contribution in [2.24, 2.45) is 0 Å². The van der Waals surface area contributed by atoms with Gasteiger partial charge in [0.1, 0.15) is 5.76 Å². The molecule has 6 heteroatoms. The van der Waals surface area contributed by atoms with Crippen LogP contribution in [0.5, 0.6) is 0 Å². The van der Waals surface area contributed by atoms with Gasteiger partial charge in [0.2, 0.25) is 0 Å². The summed E-state index contributed by atoms with van der Waals surface area (Å²) in [5, 5.41) is 11.2. The first-order valence-electron chi connectivity index (χ1n) is 10.9. The van der Waals surface area contributed by atoms with Crippen molar-refractivity contribution in [3.63, 3.8) is 0 Å². The monoisotopic (exact) mass is 421 g/mol. The molecule has 1 aromatic carbocycles. The Kier molecular flexibility index (Phi) is 7.23. The van der Waals surface area contributed by atoms with Crippen molar-refractivity contribution in [2.75, 3.05) is 26.2 Å². The van der Waals surface area contributed by atoms with Gasteiger partial charge >= 0.3 is 0 Å². The van der Waals surface area contributed by atoms with E-state index < -0.39 is 17.7 Å². The second-order valence-corrected chi connectivity index (χ2v) is 7.97. The van der Waals surface area contributed by atoms with Crippen LogP contribution >= 0.6 is 0 Å². The number of hydrogen-bond acceptors (Lipinski definition) is 5. The summed E-state index contributed by atoms with van der Waals surface area (Å²) in [5.74, 6) is -1.32. The molecule has 6 nitrogen and oxygen atoms in total. The van der Waals surface area contributed by atoms with Crippen LogP contribution in [0.2, 0.25) is 0 Å². The average molecular weight is 422 g/mol. The van der Waals surface area contributed by atoms with Gasteiger partial charge in [0, 0.05) is 24.5 Å². The van der Waals surface area contributed by atoms with Gasteiger partial charge in [-0.15, -0.1) is 0 Å². The number of aryl methyl sites for hydroxylation is 2. The topological polar surface area (TPSA) is 73.7 Å². The number of aliphatic hydroxyl groups excluding tert-OH is 1. The fraction of sp³-hybridized carbons (Fsp3) is 0.400. The Balaban J connectivity index is 2.04. The molecule has 1 amide bonds. The van der Waals surface area contributed by atoms with E-state index in [1.807, 2.05) is 32.0 Å². The molecular formula is C25H31N3O3. The van der Waals surface area contributed by atoms with Gasteiger partial charge in [-0.1, -0.05) is 31.5 Å². The number of aromatic nitrogens is 1. The number of pyridine rings is 1. The molecule has 1 N–H and O–H groups in total. The lowest BCUT2D eigenvalue weighted by molar-refractivity contribution is -0.140. The summed E-state index contributed by atoms with van der Waals surface area (Å²) in [6, 6.07) is 8.68. The highest BCUT2D eigenvalue weighted by molar-refractivity contribution is 6.46. The first-order valence-corrected chi connectivity index (χ1v) is 10.9. The Morgan fingerprint density at radius 3 is 2.42 bits per heavy atom. The van der Waals surface area contributed by atoms with Gasteiger partial charge in [0.25, 0.3) is 11.7 Å². The Labute approximate surface area is 184 Å². The smallest absolute Gasteiger partial charge is 0.295 e. The predicted octanol–water partition coefficient (Wildman–Crippen LogP) is 3.85. The van der Waals surface area contributed by atoms with Gasteiger partial charge in [0.05, 0.1) is 11.6 Å². The number of carbonyl (C=O) groups is 2. The Bertz CT molecular complexity index is 981. The molecule has 1 aliphatic rings. The Morgan fingerprint density at radius 2 is 1.77 bits per heavy atom. The van der Waals surface area contributed by atoms with Gasteiger partial charge in [0.15, 0.2) is 0 Å². The lowest BCUT2D eigenvalue weighted by Crippen LogP contribution is -2.33. The van der Waals surface area contributed by atoms with E-state index in [0.29, 0.717) is 12.1 Å². The van der Waals surface area contributed by atoms with Crippen molar-refractivity contribution in [3.05, 3.63) is 70.6 Å². The van der Waals surface area contributed by atoms with E-state index in [2.05, 4.69) is 23.7 Å². The van der Waals surface area contributed by atoms with E-state index in [1.165, 1.54) is 0 Å². The number of ketones is 1. The number of benzene rings is 1. The minimum absolute atomic E-state index is 0.118. The van der Waals surface area contributed by atoms with Crippen LogP contribution in [0.25, 0.3) is 5.76 Å². The predicted molar refractivity (Wildman–Crippen MR) is 122 cm³/mol. The number of nitrogens with zero attached hydrogens (tertiary/aromatic N) is 3. The van der Waals surface area contributed by atoms with Gasteiger partial charge in [-0.2, -0.15) is 0 Å². The molecule has 2 heterocycles. The molecule has 0 radical (unpaired) electrons. The minimum atomic E-state index is -0.636. The van der Waals surface area contributed by atoms with Gasteiger partial charge < -0.3 is 14.9 Å². The quantitative estimate of drug-likeness (QED) is 0.398. The fourth-order valence-corrected chi connectivity index (χ4v) is 4.14. The van der Waals surface area contributed by atoms with E-state index in [9.17, 15) is 14.7 Å². The highest BCUT2D eigenvalue weighted by Crippen LogP contribution is 2.39. The molecule has 3 rings (SSSR count). The van der Waals surface area contributed by atoms with Crippen LogP contribution in [0.3, 0.4) is 0 Å². The van der Waals surface area contributed by atoms with E-state index in [4.69, 9.17) is 0 Å². The normalized spacial score (nSPS) is 18.2. The minimum Gasteiger partial charge on any atom is -0.507 e. The molecule has 0 bridgehead atoms. The Morgan fingerprint density at radius 1 is 1.10 bits per heavy atom. The van der Waals surface area contributed by atoms with Crippen molar-refractivity contribution in [1.82, 2.24) is 14.8 Å². The fourth-order valence-electron chi connectivity index (χ4n) is 4.14. The molecular weight excluding hydrogens is 390 g/mol. The zero-order chi connectivity index (χ0) is 22.5. The van der Waals surface area contributed by atoms with Crippen LogP contribution < -0.4 is 0 Å². The zero-order valence-electron chi connectivity index (χ0n) is 18.8. The SMILES string of the molecule is CCN(CC)CCCN1C(=O)C(=O)/C(=C(/O)c2cc(C)ccc2C)[C@@H]1c1ccncc1. The summed E-state index contributed by atoms with van der Waals surface area (Å²) < 4.78 is 0. The number of aliphatic hydroxyl groups is 1. The first-order chi connectivity index (χ1) is 14.9. The highest BCUT2D eigenvalue weighted by atomic mass is 16.3. The molecule has 164 valence electrons. The number of Topliss-reactive ketones (excluding diaryl/α,β-unsaturated/α-hetero) is 1. The summed E-state index contributed by atoms with van der Waals surface area (Å²) in [4.78, 5) is 34.0. The molecule has 1 atom stereocenters. The standard InChI is InChI=1S/C25H31N3O3/c1-5-27(6-2)14-7-15-28-22(19-10-12-26-13-11-19)21(24(30)25(28)31)23(29)20-16-17(3)8-9-18(20)4/h8-13,16,22,29H,5-7,14-15H2,1-4H3/b23-21+/t22-/m0/s1. The van der Waals surface area contributed by atoms with Gasteiger partial charge in [-0.3, -0.25) is 14.6 Å². The second kappa shape index (κ2) is 9.88. The molecule has 31 heavy (non-hydrogen) atoms. The van der Waals surface area contributed by atoms with E-state index in [1.54, 1.807) is 29.4 Å². The third-order valence-electron chi connectivity index (χ3n) is 5.98. The number of amides is 1. The molecule has 0 unspecified atom stereocenters. The maximum atomic E-state index is 13.1. The number of likely N-dealkylation sites (tertiary alicyclic amines) is 1. The molecule has 1 aliphatic heterocycles. The van der Waals surface area contributed by atoms with Gasteiger partial charge in [-0.25, -0.2) is 0 Å². The number of carbonyl (C=O) groups excluding carboxylic acids is 2. The van der Waals surface area contributed by atoms with Crippen molar-refractivity contribution in [2.45, 2.75) is 40.2 Å². The van der Waals surface area contributed by atoms with Gasteiger partial charge in [-0.05, 0) is 69.2 Å². The number of hydrogen-bond donors (Lipinski definition) is 1. The zero-order valence-corrected chi connectivity index (χ0v) is 18.8. The van der Waals surface area contributed by atoms with E-state index in [0.717, 1.165) is 42.7 Å². The highest BCUT2D eigenvalue weighted by Gasteiger charge is 2.45. The maximum Gasteiger partial charge on any atom is 0.295 e. The average Bonchev–Trinajstić information content (AvgIpc) is 3.03. The van der Waals surface area contributed by atoms with Crippen molar-refractivity contribution in [1.29, 1.82) is 0 Å².